The van der Waals surface area contributed by atoms with Crippen molar-refractivity contribution in [1.29, 1.82) is 0 Å². The van der Waals surface area contributed by atoms with Crippen molar-refractivity contribution in [2.24, 2.45) is 5.73 Å². The predicted molar refractivity (Wildman–Crippen MR) is 51.7 cm³/mol. The van der Waals surface area contributed by atoms with E-state index >= 15 is 0 Å². The smallest absolute Gasteiger partial charge is 0.146 e. The van der Waals surface area contributed by atoms with Gasteiger partial charge in [0.15, 0.2) is 0 Å². The van der Waals surface area contributed by atoms with Crippen LogP contribution in [0, 0.1) is 0 Å². The highest BCUT2D eigenvalue weighted by atomic mass is 16.3. The Balaban J connectivity index is 2.97. The van der Waals surface area contributed by atoms with Crippen molar-refractivity contribution in [3.05, 3.63) is 17.8 Å². The highest BCUT2D eigenvalue weighted by Crippen LogP contribution is 2.18. The first-order valence-corrected chi connectivity index (χ1v) is 3.97. The fraction of sp³-hybridized carbons (Fsp3) is 0.375. The molecule has 0 spiro atoms. The summed E-state index contributed by atoms with van der Waals surface area (Å²) in [6.45, 7) is 1.61. The molecule has 0 aliphatic carbocycles. The molecule has 5 nitrogen and oxygen atoms in total. The van der Waals surface area contributed by atoms with E-state index in [1.807, 2.05) is 0 Å². The summed E-state index contributed by atoms with van der Waals surface area (Å²) in [5, 5.41) is 9.21. The quantitative estimate of drug-likeness (QED) is 0.498. The van der Waals surface area contributed by atoms with Gasteiger partial charge in [0, 0.05) is 6.20 Å². The van der Waals surface area contributed by atoms with Gasteiger partial charge in [0.2, 0.25) is 0 Å². The topological polar surface area (TPSA) is 111 Å². The third-order valence-corrected chi connectivity index (χ3v) is 1.88. The van der Waals surface area contributed by atoms with Gasteiger partial charge in [-0.05, 0) is 18.6 Å². The van der Waals surface area contributed by atoms with Crippen LogP contribution in [-0.4, -0.2) is 16.2 Å². The van der Waals surface area contributed by atoms with E-state index in [1.54, 1.807) is 13.0 Å². The zero-order valence-electron chi connectivity index (χ0n) is 7.44. The number of anilines is 2. The summed E-state index contributed by atoms with van der Waals surface area (Å²) in [4.78, 5) is 3.84. The molecule has 2 unspecified atom stereocenters. The molecular weight excluding hydrogens is 168 g/mol. The largest absolute Gasteiger partial charge is 0.396 e. The van der Waals surface area contributed by atoms with Gasteiger partial charge in [-0.25, -0.2) is 4.98 Å². The summed E-state index contributed by atoms with van der Waals surface area (Å²) in [6.07, 6.45) is 0.883. The van der Waals surface area contributed by atoms with E-state index in [4.69, 9.17) is 17.2 Å². The van der Waals surface area contributed by atoms with E-state index in [0.717, 1.165) is 0 Å². The Hall–Kier alpha value is -1.33. The van der Waals surface area contributed by atoms with Crippen molar-refractivity contribution in [2.75, 3.05) is 11.5 Å². The van der Waals surface area contributed by atoms with Crippen LogP contribution in [0.25, 0.3) is 0 Å². The summed E-state index contributed by atoms with van der Waals surface area (Å²) in [6, 6.07) is 1.15. The third-order valence-electron chi connectivity index (χ3n) is 1.88. The Morgan fingerprint density at radius 3 is 2.54 bits per heavy atom. The molecule has 0 aliphatic rings. The van der Waals surface area contributed by atoms with Crippen LogP contribution in [0.3, 0.4) is 0 Å². The zero-order valence-corrected chi connectivity index (χ0v) is 7.44. The summed E-state index contributed by atoms with van der Waals surface area (Å²) in [7, 11) is 0. The minimum absolute atomic E-state index is 0.279. The first-order chi connectivity index (χ1) is 6.02. The maximum Gasteiger partial charge on any atom is 0.146 e. The highest BCUT2D eigenvalue weighted by molar-refractivity contribution is 5.58. The van der Waals surface area contributed by atoms with Crippen molar-refractivity contribution in [1.82, 2.24) is 4.98 Å². The molecule has 0 saturated carbocycles. The second-order valence-electron chi connectivity index (χ2n) is 3.01. The minimum atomic E-state index is -0.634. The number of hydrogen-bond donors (Lipinski definition) is 4. The summed E-state index contributed by atoms with van der Waals surface area (Å²) < 4.78 is 0. The Morgan fingerprint density at radius 1 is 1.46 bits per heavy atom. The van der Waals surface area contributed by atoms with Crippen molar-refractivity contribution in [3.63, 3.8) is 0 Å². The number of nitrogens with zero attached hydrogens (tertiary/aromatic N) is 1. The molecular formula is C8H14N4O. The van der Waals surface area contributed by atoms with Gasteiger partial charge in [0.1, 0.15) is 5.82 Å². The van der Waals surface area contributed by atoms with E-state index in [1.165, 1.54) is 6.20 Å². The molecule has 0 bridgehead atoms. The molecule has 0 radical (unpaired) electrons. The van der Waals surface area contributed by atoms with Crippen LogP contribution >= 0.6 is 0 Å². The van der Waals surface area contributed by atoms with E-state index < -0.39 is 12.1 Å². The lowest BCUT2D eigenvalue weighted by Gasteiger charge is -2.15. The number of aliphatic hydroxyl groups is 1. The SMILES string of the molecule is CC(O)C(N)c1cnc(N)c(N)c1. The average molecular weight is 182 g/mol. The van der Waals surface area contributed by atoms with Crippen LogP contribution in [0.4, 0.5) is 11.5 Å². The van der Waals surface area contributed by atoms with Gasteiger partial charge < -0.3 is 22.3 Å². The van der Waals surface area contributed by atoms with Crippen LogP contribution in [0.2, 0.25) is 0 Å². The first-order valence-electron chi connectivity index (χ1n) is 3.97. The first kappa shape index (κ1) is 9.76. The lowest BCUT2D eigenvalue weighted by molar-refractivity contribution is 0.164. The summed E-state index contributed by atoms with van der Waals surface area (Å²) in [5.41, 5.74) is 17.7. The molecule has 0 fully saturated rings. The molecule has 5 heteroatoms. The van der Waals surface area contributed by atoms with Gasteiger partial charge in [-0.3, -0.25) is 0 Å². The Morgan fingerprint density at radius 2 is 2.08 bits per heavy atom. The van der Waals surface area contributed by atoms with E-state index in [-0.39, 0.29) is 5.82 Å². The summed E-state index contributed by atoms with van der Waals surface area (Å²) in [5.74, 6) is 0.279. The molecule has 1 aromatic heterocycles. The number of aliphatic hydroxyl groups excluding tert-OH is 1. The van der Waals surface area contributed by atoms with Gasteiger partial charge in [-0.1, -0.05) is 0 Å². The normalized spacial score (nSPS) is 15.3. The van der Waals surface area contributed by atoms with Gasteiger partial charge in [0.05, 0.1) is 17.8 Å². The van der Waals surface area contributed by atoms with Gasteiger partial charge >= 0.3 is 0 Å². The lowest BCUT2D eigenvalue weighted by atomic mass is 10.1. The number of nitrogen functional groups attached to an aromatic ring is 2. The maximum atomic E-state index is 9.21. The molecule has 13 heavy (non-hydrogen) atoms. The van der Waals surface area contributed by atoms with E-state index in [2.05, 4.69) is 4.98 Å². The fourth-order valence-electron chi connectivity index (χ4n) is 0.970. The second kappa shape index (κ2) is 3.59. The lowest BCUT2D eigenvalue weighted by Crippen LogP contribution is -2.23. The highest BCUT2D eigenvalue weighted by Gasteiger charge is 2.13. The van der Waals surface area contributed by atoms with Crippen molar-refractivity contribution in [2.45, 2.75) is 19.1 Å². The van der Waals surface area contributed by atoms with Crippen LogP contribution < -0.4 is 17.2 Å². The van der Waals surface area contributed by atoms with Crippen molar-refractivity contribution < 1.29 is 5.11 Å². The van der Waals surface area contributed by atoms with Crippen LogP contribution in [-0.2, 0) is 0 Å². The van der Waals surface area contributed by atoms with E-state index in [0.29, 0.717) is 11.3 Å². The van der Waals surface area contributed by atoms with Gasteiger partial charge in [-0.15, -0.1) is 0 Å². The molecule has 1 heterocycles. The fourth-order valence-corrected chi connectivity index (χ4v) is 0.970. The van der Waals surface area contributed by atoms with Gasteiger partial charge in [-0.2, -0.15) is 0 Å². The number of nitrogens with two attached hydrogens (primary N) is 3. The van der Waals surface area contributed by atoms with E-state index in [9.17, 15) is 5.11 Å². The number of rotatable bonds is 2. The molecule has 7 N–H and O–H groups in total. The van der Waals surface area contributed by atoms with Crippen LogP contribution in [0.15, 0.2) is 12.3 Å². The molecule has 1 rings (SSSR count). The second-order valence-corrected chi connectivity index (χ2v) is 3.01. The third kappa shape index (κ3) is 2.07. The molecule has 1 aromatic rings. The number of pyridine rings is 1. The maximum absolute atomic E-state index is 9.21. The Labute approximate surface area is 76.6 Å². The number of aromatic nitrogens is 1. The standard InChI is InChI=1S/C8H14N4O/c1-4(13)7(10)5-2-6(9)8(11)12-3-5/h2-4,7,13H,9-10H2,1H3,(H2,11,12). The number of hydrogen-bond acceptors (Lipinski definition) is 5. The van der Waals surface area contributed by atoms with Crippen molar-refractivity contribution >= 4 is 11.5 Å². The van der Waals surface area contributed by atoms with Gasteiger partial charge in [0.25, 0.3) is 0 Å². The molecule has 0 aromatic carbocycles. The average Bonchev–Trinajstić information content (AvgIpc) is 2.08. The molecule has 72 valence electrons. The Bertz CT molecular complexity index is 300. The van der Waals surface area contributed by atoms with Crippen LogP contribution in [0.5, 0.6) is 0 Å². The van der Waals surface area contributed by atoms with Crippen molar-refractivity contribution in [3.8, 4) is 0 Å². The van der Waals surface area contributed by atoms with Crippen LogP contribution in [0.1, 0.15) is 18.5 Å². The predicted octanol–water partition coefficient (Wildman–Crippen LogP) is -0.373. The molecule has 0 aliphatic heterocycles. The summed E-state index contributed by atoms with van der Waals surface area (Å²) >= 11 is 0. The molecule has 2 atom stereocenters. The molecule has 0 amide bonds. The Kier molecular flexibility index (Phi) is 2.69. The zero-order chi connectivity index (χ0) is 10.0. The monoisotopic (exact) mass is 182 g/mol. The molecule has 0 saturated heterocycles. The minimum Gasteiger partial charge on any atom is -0.396 e.